The molecule has 0 aliphatic carbocycles. The molecule has 2 heterocycles. The van der Waals surface area contributed by atoms with Crippen LogP contribution in [0.4, 0.5) is 10.8 Å². The van der Waals surface area contributed by atoms with E-state index in [9.17, 15) is 13.2 Å². The number of nitrogens with one attached hydrogen (secondary N) is 1. The van der Waals surface area contributed by atoms with E-state index in [4.69, 9.17) is 4.74 Å². The standard InChI is InChI=1S/C22H24N4O4S3/c1-4-11-31-22-25-24-21(32-22)23-20(27)19-13-26(17-12-15(3)7-10-18(17)30-19)33(28,29)16-8-5-14(2)6-9-16/h5-10,12,19H,4,11,13H2,1-3H3,(H,23,24,27)/t19-/m1/s1. The first kappa shape index (κ1) is 23.5. The molecule has 1 atom stereocenters. The molecule has 0 fully saturated rings. The molecule has 1 N–H and O–H groups in total. The third kappa shape index (κ3) is 5.15. The second-order valence-electron chi connectivity index (χ2n) is 7.64. The highest BCUT2D eigenvalue weighted by Crippen LogP contribution is 2.38. The van der Waals surface area contributed by atoms with Gasteiger partial charge < -0.3 is 4.74 Å². The summed E-state index contributed by atoms with van der Waals surface area (Å²) in [6.45, 7) is 5.69. The van der Waals surface area contributed by atoms with Gasteiger partial charge in [-0.25, -0.2) is 8.42 Å². The quantitative estimate of drug-likeness (QED) is 0.379. The summed E-state index contributed by atoms with van der Waals surface area (Å²) >= 11 is 2.85. The molecule has 3 aromatic rings. The molecule has 2 aromatic carbocycles. The summed E-state index contributed by atoms with van der Waals surface area (Å²) in [5.41, 5.74) is 2.25. The van der Waals surface area contributed by atoms with E-state index in [0.29, 0.717) is 16.6 Å². The Kier molecular flexibility index (Phi) is 6.91. The molecule has 1 amide bonds. The summed E-state index contributed by atoms with van der Waals surface area (Å²) in [7, 11) is -3.91. The van der Waals surface area contributed by atoms with Gasteiger partial charge in [-0.15, -0.1) is 10.2 Å². The van der Waals surface area contributed by atoms with Gasteiger partial charge in [0.2, 0.25) is 5.13 Å². The van der Waals surface area contributed by atoms with E-state index in [2.05, 4.69) is 22.4 Å². The molecular weight excluding hydrogens is 480 g/mol. The minimum Gasteiger partial charge on any atom is -0.476 e. The Morgan fingerprint density at radius 1 is 1.18 bits per heavy atom. The lowest BCUT2D eigenvalue weighted by molar-refractivity contribution is -0.122. The van der Waals surface area contributed by atoms with Crippen LogP contribution in [-0.2, 0) is 14.8 Å². The largest absolute Gasteiger partial charge is 0.476 e. The smallest absolute Gasteiger partial charge is 0.269 e. The molecule has 0 bridgehead atoms. The number of hydrogen-bond donors (Lipinski definition) is 1. The van der Waals surface area contributed by atoms with Gasteiger partial charge in [0.15, 0.2) is 10.4 Å². The summed E-state index contributed by atoms with van der Waals surface area (Å²) in [6, 6.07) is 11.9. The van der Waals surface area contributed by atoms with Crippen LogP contribution in [0.25, 0.3) is 0 Å². The van der Waals surface area contributed by atoms with Crippen molar-refractivity contribution in [2.24, 2.45) is 0 Å². The van der Waals surface area contributed by atoms with Gasteiger partial charge in [0.1, 0.15) is 5.75 Å². The van der Waals surface area contributed by atoms with Crippen LogP contribution in [0, 0.1) is 13.8 Å². The number of aryl methyl sites for hydroxylation is 2. The molecule has 0 saturated carbocycles. The molecule has 0 spiro atoms. The zero-order valence-corrected chi connectivity index (χ0v) is 20.9. The molecule has 33 heavy (non-hydrogen) atoms. The summed E-state index contributed by atoms with van der Waals surface area (Å²) in [5.74, 6) is 0.767. The van der Waals surface area contributed by atoms with Crippen molar-refractivity contribution in [1.29, 1.82) is 0 Å². The van der Waals surface area contributed by atoms with E-state index in [-0.39, 0.29) is 11.4 Å². The maximum absolute atomic E-state index is 13.5. The topological polar surface area (TPSA) is 101 Å². The predicted molar refractivity (Wildman–Crippen MR) is 131 cm³/mol. The number of sulfonamides is 1. The lowest BCUT2D eigenvalue weighted by atomic mass is 10.1. The van der Waals surface area contributed by atoms with Crippen LogP contribution in [0.15, 0.2) is 51.7 Å². The molecule has 1 aliphatic heterocycles. The highest BCUT2D eigenvalue weighted by molar-refractivity contribution is 8.01. The first-order chi connectivity index (χ1) is 15.8. The number of fused-ring (bicyclic) bond motifs is 1. The predicted octanol–water partition coefficient (Wildman–Crippen LogP) is 4.25. The Bertz CT molecular complexity index is 1260. The number of amides is 1. The summed E-state index contributed by atoms with van der Waals surface area (Å²) in [5, 5.41) is 11.1. The van der Waals surface area contributed by atoms with E-state index in [1.54, 1.807) is 48.2 Å². The first-order valence-corrected chi connectivity index (χ1v) is 13.7. The lowest BCUT2D eigenvalue weighted by Crippen LogP contribution is -2.48. The lowest BCUT2D eigenvalue weighted by Gasteiger charge is -2.34. The number of benzene rings is 2. The summed E-state index contributed by atoms with van der Waals surface area (Å²) < 4.78 is 35.0. The monoisotopic (exact) mass is 504 g/mol. The maximum atomic E-state index is 13.5. The first-order valence-electron chi connectivity index (χ1n) is 10.4. The Hall–Kier alpha value is -2.63. The summed E-state index contributed by atoms with van der Waals surface area (Å²) in [6.07, 6.45) is -0.0393. The van der Waals surface area contributed by atoms with Crippen molar-refractivity contribution in [3.8, 4) is 5.75 Å². The van der Waals surface area contributed by atoms with Crippen LogP contribution in [0.5, 0.6) is 5.75 Å². The molecule has 174 valence electrons. The van der Waals surface area contributed by atoms with Crippen molar-refractivity contribution in [3.05, 3.63) is 53.6 Å². The molecule has 11 heteroatoms. The number of ether oxygens (including phenoxy) is 1. The second kappa shape index (κ2) is 9.70. The highest BCUT2D eigenvalue weighted by Gasteiger charge is 2.38. The van der Waals surface area contributed by atoms with Crippen LogP contribution < -0.4 is 14.4 Å². The van der Waals surface area contributed by atoms with Crippen molar-refractivity contribution in [1.82, 2.24) is 10.2 Å². The molecule has 0 saturated heterocycles. The minimum absolute atomic E-state index is 0.156. The molecule has 4 rings (SSSR count). The van der Waals surface area contributed by atoms with Gasteiger partial charge >= 0.3 is 0 Å². The number of hydrogen-bond acceptors (Lipinski definition) is 8. The molecule has 8 nitrogen and oxygen atoms in total. The number of rotatable bonds is 7. The zero-order chi connectivity index (χ0) is 23.6. The SMILES string of the molecule is CCCSc1nnc(NC(=O)[C@H]2CN(S(=O)(=O)c3ccc(C)cc3)c3cc(C)ccc3O2)s1. The zero-order valence-electron chi connectivity index (χ0n) is 18.4. The average molecular weight is 505 g/mol. The number of aromatic nitrogens is 2. The van der Waals surface area contributed by atoms with Gasteiger partial charge in [0.25, 0.3) is 15.9 Å². The molecule has 1 aromatic heterocycles. The van der Waals surface area contributed by atoms with Crippen LogP contribution >= 0.6 is 23.1 Å². The number of carbonyl (C=O) groups excluding carboxylic acids is 1. The third-order valence-corrected chi connectivity index (χ3v) is 8.92. The van der Waals surface area contributed by atoms with Gasteiger partial charge in [-0.05, 0) is 50.1 Å². The number of carbonyl (C=O) groups is 1. The number of nitrogens with zero attached hydrogens (tertiary/aromatic N) is 3. The van der Waals surface area contributed by atoms with Crippen molar-refractivity contribution < 1.29 is 17.9 Å². The van der Waals surface area contributed by atoms with Crippen molar-refractivity contribution in [2.45, 2.75) is 42.5 Å². The van der Waals surface area contributed by atoms with E-state index in [1.165, 1.54) is 15.6 Å². The normalized spacial score (nSPS) is 15.6. The van der Waals surface area contributed by atoms with Crippen LogP contribution in [0.3, 0.4) is 0 Å². The van der Waals surface area contributed by atoms with Crippen LogP contribution in [0.2, 0.25) is 0 Å². The van der Waals surface area contributed by atoms with E-state index in [1.807, 2.05) is 19.9 Å². The Labute approximate surface area is 201 Å². The fourth-order valence-electron chi connectivity index (χ4n) is 3.26. The fourth-order valence-corrected chi connectivity index (χ4v) is 6.40. The average Bonchev–Trinajstić information content (AvgIpc) is 3.24. The van der Waals surface area contributed by atoms with Gasteiger partial charge in [-0.2, -0.15) is 0 Å². The number of thioether (sulfide) groups is 1. The van der Waals surface area contributed by atoms with Crippen molar-refractivity contribution in [2.75, 3.05) is 21.9 Å². The van der Waals surface area contributed by atoms with Gasteiger partial charge in [0, 0.05) is 5.75 Å². The van der Waals surface area contributed by atoms with E-state index >= 15 is 0 Å². The van der Waals surface area contributed by atoms with Crippen LogP contribution in [-0.4, -0.2) is 42.9 Å². The van der Waals surface area contributed by atoms with Crippen molar-refractivity contribution >= 4 is 49.8 Å². The van der Waals surface area contributed by atoms with Gasteiger partial charge in [0.05, 0.1) is 17.1 Å². The third-order valence-electron chi connectivity index (χ3n) is 4.95. The fraction of sp³-hybridized carbons (Fsp3) is 0.318. The van der Waals surface area contributed by atoms with Crippen LogP contribution in [0.1, 0.15) is 24.5 Å². The Balaban J connectivity index is 1.61. The van der Waals surface area contributed by atoms with E-state index < -0.39 is 22.0 Å². The minimum atomic E-state index is -3.91. The highest BCUT2D eigenvalue weighted by atomic mass is 32.2. The maximum Gasteiger partial charge on any atom is 0.269 e. The molecule has 0 unspecified atom stereocenters. The Morgan fingerprint density at radius 2 is 1.91 bits per heavy atom. The number of anilines is 2. The molecule has 0 radical (unpaired) electrons. The second-order valence-corrected chi connectivity index (χ2v) is 11.8. The molecular formula is C22H24N4O4S3. The summed E-state index contributed by atoms with van der Waals surface area (Å²) in [4.78, 5) is 13.2. The van der Waals surface area contributed by atoms with E-state index in [0.717, 1.165) is 27.6 Å². The van der Waals surface area contributed by atoms with Crippen molar-refractivity contribution in [3.63, 3.8) is 0 Å². The molecule has 1 aliphatic rings. The van der Waals surface area contributed by atoms with Gasteiger partial charge in [-0.1, -0.05) is 53.8 Å². The van der Waals surface area contributed by atoms with Gasteiger partial charge in [-0.3, -0.25) is 14.4 Å². The Morgan fingerprint density at radius 3 is 2.64 bits per heavy atom.